The van der Waals surface area contributed by atoms with Crippen LogP contribution in [-0.2, 0) is 19.4 Å². The van der Waals surface area contributed by atoms with Gasteiger partial charge in [-0.15, -0.1) is 0 Å². The fourth-order valence-corrected chi connectivity index (χ4v) is 3.77. The van der Waals surface area contributed by atoms with E-state index in [9.17, 15) is 9.90 Å². The number of rotatable bonds is 5. The van der Waals surface area contributed by atoms with Crippen molar-refractivity contribution in [2.75, 3.05) is 13.2 Å². The first-order valence-corrected chi connectivity index (χ1v) is 10.1. The summed E-state index contributed by atoms with van der Waals surface area (Å²) < 4.78 is 0. The summed E-state index contributed by atoms with van der Waals surface area (Å²) in [6.45, 7) is 4.98. The molecule has 6 nitrogen and oxygen atoms in total. The summed E-state index contributed by atoms with van der Waals surface area (Å²) in [4.78, 5) is 23.5. The van der Waals surface area contributed by atoms with E-state index in [-0.39, 0.29) is 24.6 Å². The van der Waals surface area contributed by atoms with Crippen LogP contribution in [0.15, 0.2) is 24.4 Å². The van der Waals surface area contributed by atoms with Crippen molar-refractivity contribution < 1.29 is 9.90 Å². The second kappa shape index (κ2) is 9.07. The van der Waals surface area contributed by atoms with Crippen molar-refractivity contribution in [2.24, 2.45) is 5.92 Å². The Morgan fingerprint density at radius 1 is 1.36 bits per heavy atom. The molecule has 2 heterocycles. The molecule has 0 radical (unpaired) electrons. The molecule has 0 saturated carbocycles. The summed E-state index contributed by atoms with van der Waals surface area (Å²) in [5, 5.41) is 13.3. The number of nitrogens with zero attached hydrogens (tertiary/aromatic N) is 3. The lowest BCUT2D eigenvalue weighted by Crippen LogP contribution is -2.44. The molecular weight excluding hydrogens is 399 g/mol. The summed E-state index contributed by atoms with van der Waals surface area (Å²) in [6, 6.07) is 4.85. The zero-order chi connectivity index (χ0) is 20.3. The van der Waals surface area contributed by atoms with E-state index in [1.54, 1.807) is 17.0 Å². The highest BCUT2D eigenvalue weighted by Crippen LogP contribution is 2.26. The topological polar surface area (TPSA) is 78.4 Å². The van der Waals surface area contributed by atoms with Crippen molar-refractivity contribution in [2.45, 2.75) is 39.3 Å². The predicted octanol–water partition coefficient (Wildman–Crippen LogP) is 3.78. The first-order valence-electron chi connectivity index (χ1n) is 9.32. The Balaban J connectivity index is 1.67. The molecule has 2 atom stereocenters. The van der Waals surface area contributed by atoms with Gasteiger partial charge >= 0.3 is 6.03 Å². The number of carbonyl (C=O) groups is 1. The van der Waals surface area contributed by atoms with E-state index in [0.29, 0.717) is 41.8 Å². The number of aromatic nitrogens is 2. The minimum atomic E-state index is -0.245. The van der Waals surface area contributed by atoms with Crippen LogP contribution in [0, 0.1) is 5.92 Å². The molecule has 0 bridgehead atoms. The van der Waals surface area contributed by atoms with Gasteiger partial charge in [0.1, 0.15) is 5.82 Å². The molecule has 2 aromatic rings. The highest BCUT2D eigenvalue weighted by molar-refractivity contribution is 6.35. The highest BCUT2D eigenvalue weighted by atomic mass is 35.5. The van der Waals surface area contributed by atoms with Crippen LogP contribution in [0.4, 0.5) is 4.79 Å². The molecule has 0 aliphatic carbocycles. The maximum Gasteiger partial charge on any atom is 0.318 e. The highest BCUT2D eigenvalue weighted by Gasteiger charge is 2.24. The summed E-state index contributed by atoms with van der Waals surface area (Å²) in [5.74, 6) is 0.801. The smallest absolute Gasteiger partial charge is 0.318 e. The van der Waals surface area contributed by atoms with Gasteiger partial charge in [-0.25, -0.2) is 14.8 Å². The van der Waals surface area contributed by atoms with E-state index in [2.05, 4.69) is 15.3 Å². The van der Waals surface area contributed by atoms with Gasteiger partial charge in [0.25, 0.3) is 0 Å². The molecule has 1 aliphatic heterocycles. The third-order valence-corrected chi connectivity index (χ3v) is 5.46. The Labute approximate surface area is 174 Å². The number of benzene rings is 1. The second-order valence-corrected chi connectivity index (χ2v) is 8.10. The summed E-state index contributed by atoms with van der Waals surface area (Å²) in [7, 11) is 0. The number of aliphatic hydroxyl groups is 1. The van der Waals surface area contributed by atoms with E-state index in [0.717, 1.165) is 16.8 Å². The van der Waals surface area contributed by atoms with Crippen molar-refractivity contribution in [1.82, 2.24) is 20.2 Å². The van der Waals surface area contributed by atoms with E-state index in [4.69, 9.17) is 23.2 Å². The lowest BCUT2D eigenvalue weighted by molar-refractivity contribution is 0.188. The molecular formula is C20H24Cl2N4O2. The molecule has 1 aromatic heterocycles. The Morgan fingerprint density at radius 2 is 2.14 bits per heavy atom. The Morgan fingerprint density at radius 3 is 2.86 bits per heavy atom. The van der Waals surface area contributed by atoms with Crippen molar-refractivity contribution in [1.29, 1.82) is 0 Å². The number of urea groups is 1. The number of nitrogens with one attached hydrogen (secondary N) is 1. The molecule has 1 aromatic carbocycles. The normalized spacial score (nSPS) is 15.7. The van der Waals surface area contributed by atoms with E-state index in [1.165, 1.54) is 0 Å². The number of amides is 2. The summed E-state index contributed by atoms with van der Waals surface area (Å²) in [5.41, 5.74) is 2.76. The molecule has 2 N–H and O–H groups in total. The Bertz CT molecular complexity index is 862. The fourth-order valence-electron chi connectivity index (χ4n) is 3.20. The lowest BCUT2D eigenvalue weighted by Gasteiger charge is -2.30. The monoisotopic (exact) mass is 422 g/mol. The summed E-state index contributed by atoms with van der Waals surface area (Å²) in [6.07, 6.45) is 3.17. The molecule has 2 amide bonds. The van der Waals surface area contributed by atoms with Crippen LogP contribution in [0.3, 0.4) is 0 Å². The van der Waals surface area contributed by atoms with Crippen LogP contribution >= 0.6 is 23.2 Å². The average molecular weight is 423 g/mol. The van der Waals surface area contributed by atoms with E-state index < -0.39 is 0 Å². The number of fused-ring (bicyclic) bond motifs is 1. The van der Waals surface area contributed by atoms with Crippen LogP contribution in [0.5, 0.6) is 0 Å². The van der Waals surface area contributed by atoms with Crippen LogP contribution in [0.25, 0.3) is 0 Å². The lowest BCUT2D eigenvalue weighted by atomic mass is 10.1. The van der Waals surface area contributed by atoms with Gasteiger partial charge in [-0.2, -0.15) is 0 Å². The number of carbonyl (C=O) groups excluding carboxylic acids is 1. The third kappa shape index (κ3) is 4.93. The third-order valence-electron chi connectivity index (χ3n) is 4.89. The molecule has 0 saturated heterocycles. The molecule has 8 heteroatoms. The molecule has 150 valence electrons. The van der Waals surface area contributed by atoms with Gasteiger partial charge in [-0.3, -0.25) is 0 Å². The van der Waals surface area contributed by atoms with Crippen LogP contribution in [0.2, 0.25) is 10.0 Å². The second-order valence-electron chi connectivity index (χ2n) is 7.26. The van der Waals surface area contributed by atoms with Gasteiger partial charge < -0.3 is 15.3 Å². The Hall–Kier alpha value is -1.89. The van der Waals surface area contributed by atoms with E-state index in [1.807, 2.05) is 26.1 Å². The quantitative estimate of drug-likeness (QED) is 0.767. The van der Waals surface area contributed by atoms with Gasteiger partial charge in [0.2, 0.25) is 0 Å². The van der Waals surface area contributed by atoms with Gasteiger partial charge in [-0.05, 0) is 42.5 Å². The van der Waals surface area contributed by atoms with Crippen LogP contribution < -0.4 is 5.32 Å². The summed E-state index contributed by atoms with van der Waals surface area (Å²) >= 11 is 12.2. The molecule has 0 fully saturated rings. The zero-order valence-electron chi connectivity index (χ0n) is 16.0. The minimum absolute atomic E-state index is 0.0973. The molecule has 0 spiro atoms. The maximum absolute atomic E-state index is 12.7. The predicted molar refractivity (Wildman–Crippen MR) is 110 cm³/mol. The standard InChI is InChI=1S/C20H24Cl2N4O2/c1-12(11-27)7-19-23-9-14-5-6-26(10-18(14)25-19)20(28)24-13(2)16-4-3-15(21)8-17(16)22/h3-4,8-9,12-13,27H,5-7,10-11H2,1-2H3,(H,24,28)/t12-,13-/m1/s1. The SMILES string of the molecule is C[C@@H](CO)Cc1ncc2c(n1)CN(C(=O)N[C@H](C)c1ccc(Cl)cc1Cl)CC2. The average Bonchev–Trinajstić information content (AvgIpc) is 2.67. The molecule has 0 unspecified atom stereocenters. The van der Waals surface area contributed by atoms with Crippen molar-refractivity contribution in [3.8, 4) is 0 Å². The largest absolute Gasteiger partial charge is 0.396 e. The van der Waals surface area contributed by atoms with Crippen LogP contribution in [-0.4, -0.2) is 39.2 Å². The molecule has 3 rings (SSSR count). The fraction of sp³-hybridized carbons (Fsp3) is 0.450. The minimum Gasteiger partial charge on any atom is -0.396 e. The molecule has 1 aliphatic rings. The number of hydrogen-bond donors (Lipinski definition) is 2. The van der Waals surface area contributed by atoms with Gasteiger partial charge in [0.15, 0.2) is 0 Å². The molecule has 28 heavy (non-hydrogen) atoms. The van der Waals surface area contributed by atoms with Gasteiger partial charge in [-0.1, -0.05) is 36.2 Å². The zero-order valence-corrected chi connectivity index (χ0v) is 17.5. The number of halogens is 2. The van der Waals surface area contributed by atoms with Crippen molar-refractivity contribution in [3.05, 3.63) is 57.1 Å². The van der Waals surface area contributed by atoms with Gasteiger partial charge in [0, 0.05) is 35.8 Å². The van der Waals surface area contributed by atoms with Crippen molar-refractivity contribution >= 4 is 29.2 Å². The van der Waals surface area contributed by atoms with Crippen molar-refractivity contribution in [3.63, 3.8) is 0 Å². The van der Waals surface area contributed by atoms with E-state index >= 15 is 0 Å². The van der Waals surface area contributed by atoms with Gasteiger partial charge in [0.05, 0.1) is 18.3 Å². The number of aliphatic hydroxyl groups excluding tert-OH is 1. The maximum atomic E-state index is 12.7. The number of hydrogen-bond acceptors (Lipinski definition) is 4. The Kier molecular flexibility index (Phi) is 6.75. The first-order chi connectivity index (χ1) is 13.4. The first kappa shape index (κ1) is 20.8. The van der Waals surface area contributed by atoms with Crippen LogP contribution in [0.1, 0.15) is 42.5 Å².